The van der Waals surface area contributed by atoms with E-state index < -0.39 is 0 Å². The molecule has 0 amide bonds. The van der Waals surface area contributed by atoms with Crippen LogP contribution in [0.5, 0.6) is 0 Å². The lowest BCUT2D eigenvalue weighted by Gasteiger charge is -2.11. The van der Waals surface area contributed by atoms with Crippen molar-refractivity contribution in [3.05, 3.63) is 41.3 Å². The third-order valence-corrected chi connectivity index (χ3v) is 4.51. The van der Waals surface area contributed by atoms with Gasteiger partial charge in [0.1, 0.15) is 0 Å². The average Bonchev–Trinajstić information content (AvgIpc) is 2.91. The quantitative estimate of drug-likeness (QED) is 0.845. The molecule has 1 aliphatic carbocycles. The first-order valence-electron chi connectivity index (χ1n) is 7.41. The van der Waals surface area contributed by atoms with Crippen LogP contribution in [0.1, 0.15) is 29.9 Å². The Balaban J connectivity index is 1.46. The summed E-state index contributed by atoms with van der Waals surface area (Å²) in [6.45, 7) is 2.50. The van der Waals surface area contributed by atoms with Crippen molar-refractivity contribution >= 4 is 5.95 Å². The summed E-state index contributed by atoms with van der Waals surface area (Å²) in [5, 5.41) is 4.15. The Morgan fingerprint density at radius 3 is 2.57 bits per heavy atom. The predicted octanol–water partition coefficient (Wildman–Crippen LogP) is 2.56. The number of hydrogen-bond donors (Lipinski definition) is 0. The molecule has 1 aliphatic heterocycles. The van der Waals surface area contributed by atoms with E-state index in [9.17, 15) is 0 Å². The highest BCUT2D eigenvalue weighted by Crippen LogP contribution is 2.48. The Morgan fingerprint density at radius 1 is 1.24 bits per heavy atom. The predicted molar refractivity (Wildman–Crippen MR) is 77.9 cm³/mol. The lowest BCUT2D eigenvalue weighted by Crippen LogP contribution is -2.16. The first-order chi connectivity index (χ1) is 10.3. The molecule has 0 N–H and O–H groups in total. The highest BCUT2D eigenvalue weighted by Gasteiger charge is 2.44. The highest BCUT2D eigenvalue weighted by atomic mass is 16.5. The molecule has 0 spiro atoms. The molecule has 2 aromatic rings. The number of anilines is 1. The maximum absolute atomic E-state index is 5.44. The van der Waals surface area contributed by atoms with E-state index in [0.717, 1.165) is 32.0 Å². The largest absolute Gasteiger partial charge is 0.384 e. The molecule has 5 nitrogen and oxygen atoms in total. The van der Waals surface area contributed by atoms with Crippen LogP contribution >= 0.6 is 0 Å². The Hall–Kier alpha value is -1.88. The van der Waals surface area contributed by atoms with Gasteiger partial charge < -0.3 is 14.2 Å². The molecular weight excluding hydrogens is 266 g/mol. The maximum atomic E-state index is 5.44. The lowest BCUT2D eigenvalue weighted by molar-refractivity contribution is 0.135. The molecule has 0 atom stereocenters. The van der Waals surface area contributed by atoms with Gasteiger partial charge in [0.25, 0.3) is 5.95 Å². The minimum absolute atomic E-state index is 0.243. The minimum Gasteiger partial charge on any atom is -0.384 e. The second-order valence-electron chi connectivity index (χ2n) is 6.22. The molecule has 1 aromatic carbocycles. The fourth-order valence-corrected chi connectivity index (χ4v) is 3.10. The van der Waals surface area contributed by atoms with Gasteiger partial charge in [0.15, 0.2) is 0 Å². The Labute approximate surface area is 123 Å². The minimum atomic E-state index is 0.243. The van der Waals surface area contributed by atoms with Crippen LogP contribution in [-0.4, -0.2) is 23.9 Å². The summed E-state index contributed by atoms with van der Waals surface area (Å²) in [5.74, 6) is 1.44. The summed E-state index contributed by atoms with van der Waals surface area (Å²) in [6, 6.07) is 8.47. The molecule has 4 rings (SSSR count). The van der Waals surface area contributed by atoms with Crippen LogP contribution in [0.4, 0.5) is 5.95 Å². The van der Waals surface area contributed by atoms with E-state index in [1.165, 1.54) is 24.0 Å². The molecule has 0 unspecified atom stereocenters. The lowest BCUT2D eigenvalue weighted by atomic mass is 10.0. The van der Waals surface area contributed by atoms with Crippen molar-refractivity contribution in [3.8, 4) is 0 Å². The average molecular weight is 285 g/mol. The van der Waals surface area contributed by atoms with Crippen LogP contribution in [0.25, 0.3) is 0 Å². The molecule has 110 valence electrons. The third-order valence-electron chi connectivity index (χ3n) is 4.51. The topological polar surface area (TPSA) is 51.4 Å². The van der Waals surface area contributed by atoms with Gasteiger partial charge in [0.2, 0.25) is 5.89 Å². The van der Waals surface area contributed by atoms with Crippen molar-refractivity contribution in [1.82, 2.24) is 10.1 Å². The number of rotatable bonds is 5. The van der Waals surface area contributed by atoms with Gasteiger partial charge >= 0.3 is 0 Å². The number of nitrogens with zero attached hydrogens (tertiary/aromatic N) is 3. The number of benzene rings is 1. The zero-order chi connectivity index (χ0) is 14.3. The van der Waals surface area contributed by atoms with Crippen molar-refractivity contribution < 1.29 is 9.26 Å². The molecule has 0 radical (unpaired) electrons. The standard InChI is InChI=1S/C16H19N3O2/c1-20-11-16(6-7-16)8-14-17-15(18-21-14)19-9-12-4-2-3-5-13(12)10-19/h2-5H,6-11H2,1H3. The molecule has 2 heterocycles. The second-order valence-corrected chi connectivity index (χ2v) is 6.22. The fourth-order valence-electron chi connectivity index (χ4n) is 3.10. The smallest absolute Gasteiger partial charge is 0.266 e. The third kappa shape index (κ3) is 2.42. The molecule has 1 saturated carbocycles. The van der Waals surface area contributed by atoms with Crippen molar-refractivity contribution in [3.63, 3.8) is 0 Å². The molecular formula is C16H19N3O2. The SMILES string of the molecule is COCC1(Cc2nc(N3Cc4ccccc4C3)no2)CC1. The number of fused-ring (bicyclic) bond motifs is 1. The van der Waals surface area contributed by atoms with Crippen molar-refractivity contribution in [2.75, 3.05) is 18.6 Å². The monoisotopic (exact) mass is 285 g/mol. The first-order valence-corrected chi connectivity index (χ1v) is 7.41. The van der Waals surface area contributed by atoms with E-state index in [2.05, 4.69) is 39.3 Å². The van der Waals surface area contributed by atoms with Gasteiger partial charge in [-0.2, -0.15) is 4.98 Å². The molecule has 0 saturated heterocycles. The van der Waals surface area contributed by atoms with E-state index >= 15 is 0 Å². The van der Waals surface area contributed by atoms with Crippen molar-refractivity contribution in [1.29, 1.82) is 0 Å². The van der Waals surface area contributed by atoms with Crippen LogP contribution in [0, 0.1) is 5.41 Å². The normalized spacial score (nSPS) is 18.8. The molecule has 0 bridgehead atoms. The fraction of sp³-hybridized carbons (Fsp3) is 0.500. The van der Waals surface area contributed by atoms with Crippen LogP contribution in [0.3, 0.4) is 0 Å². The Kier molecular flexibility index (Phi) is 2.96. The van der Waals surface area contributed by atoms with Gasteiger partial charge in [-0.3, -0.25) is 0 Å². The van der Waals surface area contributed by atoms with E-state index in [1.807, 2.05) is 0 Å². The van der Waals surface area contributed by atoms with Gasteiger partial charge in [0.05, 0.1) is 6.61 Å². The Bertz CT molecular complexity index is 623. The molecule has 2 aliphatic rings. The van der Waals surface area contributed by atoms with E-state index in [0.29, 0.717) is 5.95 Å². The summed E-state index contributed by atoms with van der Waals surface area (Å²) >= 11 is 0. The van der Waals surface area contributed by atoms with Crippen molar-refractivity contribution in [2.45, 2.75) is 32.4 Å². The van der Waals surface area contributed by atoms with E-state index in [4.69, 9.17) is 9.26 Å². The van der Waals surface area contributed by atoms with Gasteiger partial charge in [0, 0.05) is 32.0 Å². The zero-order valence-electron chi connectivity index (χ0n) is 12.2. The van der Waals surface area contributed by atoms with Crippen LogP contribution < -0.4 is 4.90 Å². The summed E-state index contributed by atoms with van der Waals surface area (Å²) in [5.41, 5.74) is 2.94. The van der Waals surface area contributed by atoms with Crippen molar-refractivity contribution in [2.24, 2.45) is 5.41 Å². The molecule has 1 fully saturated rings. The number of ether oxygens (including phenoxy) is 1. The molecule has 21 heavy (non-hydrogen) atoms. The summed E-state index contributed by atoms with van der Waals surface area (Å²) in [4.78, 5) is 6.74. The maximum Gasteiger partial charge on any atom is 0.266 e. The Morgan fingerprint density at radius 2 is 1.95 bits per heavy atom. The summed E-state index contributed by atoms with van der Waals surface area (Å²) in [7, 11) is 1.75. The summed E-state index contributed by atoms with van der Waals surface area (Å²) in [6.07, 6.45) is 3.20. The number of hydrogen-bond acceptors (Lipinski definition) is 5. The number of aromatic nitrogens is 2. The number of methoxy groups -OCH3 is 1. The van der Waals surface area contributed by atoms with Crippen LogP contribution in [0.15, 0.2) is 28.8 Å². The zero-order valence-corrected chi connectivity index (χ0v) is 12.2. The van der Waals surface area contributed by atoms with Crippen LogP contribution in [-0.2, 0) is 24.2 Å². The first kappa shape index (κ1) is 12.8. The molecule has 1 aromatic heterocycles. The second kappa shape index (κ2) is 4.84. The molecule has 5 heteroatoms. The van der Waals surface area contributed by atoms with Gasteiger partial charge in [-0.05, 0) is 29.1 Å². The van der Waals surface area contributed by atoms with E-state index in [1.54, 1.807) is 7.11 Å². The van der Waals surface area contributed by atoms with Gasteiger partial charge in [-0.25, -0.2) is 0 Å². The highest BCUT2D eigenvalue weighted by molar-refractivity contribution is 5.42. The summed E-state index contributed by atoms with van der Waals surface area (Å²) < 4.78 is 10.7. The van der Waals surface area contributed by atoms with Gasteiger partial charge in [-0.1, -0.05) is 24.3 Å². The van der Waals surface area contributed by atoms with Crippen LogP contribution in [0.2, 0.25) is 0 Å². The van der Waals surface area contributed by atoms with E-state index in [-0.39, 0.29) is 5.41 Å². The van der Waals surface area contributed by atoms with Gasteiger partial charge in [-0.15, -0.1) is 0 Å².